The van der Waals surface area contributed by atoms with Gasteiger partial charge in [0.2, 0.25) is 0 Å². The van der Waals surface area contributed by atoms with Crippen LogP contribution >= 0.6 is 11.8 Å². The van der Waals surface area contributed by atoms with E-state index in [1.165, 1.54) is 17.8 Å². The first kappa shape index (κ1) is 9.96. The van der Waals surface area contributed by atoms with Crippen molar-refractivity contribution in [2.45, 2.75) is 11.2 Å². The van der Waals surface area contributed by atoms with E-state index in [1.54, 1.807) is 6.07 Å². The van der Waals surface area contributed by atoms with Crippen molar-refractivity contribution in [1.29, 1.82) is 0 Å². The van der Waals surface area contributed by atoms with Crippen LogP contribution in [0, 0.1) is 5.82 Å². The fourth-order valence-electron chi connectivity index (χ4n) is 1.38. The molecule has 0 saturated carbocycles. The molecule has 1 fully saturated rings. The van der Waals surface area contributed by atoms with Gasteiger partial charge in [0.1, 0.15) is 5.82 Å². The van der Waals surface area contributed by atoms with Gasteiger partial charge in [-0.25, -0.2) is 4.39 Å². The molecule has 0 atom stereocenters. The zero-order chi connectivity index (χ0) is 9.97. The molecule has 1 saturated heterocycles. The minimum atomic E-state index is -0.389. The van der Waals surface area contributed by atoms with Crippen LogP contribution in [0.1, 0.15) is 11.9 Å². The lowest BCUT2D eigenvalue weighted by Crippen LogP contribution is -1.98. The summed E-state index contributed by atoms with van der Waals surface area (Å²) in [7, 11) is 0. The van der Waals surface area contributed by atoms with Gasteiger partial charge in [-0.05, 0) is 18.4 Å². The van der Waals surface area contributed by atoms with Crippen LogP contribution in [0.5, 0.6) is 0 Å². The first-order valence-electron chi connectivity index (χ1n) is 4.38. The van der Waals surface area contributed by atoms with E-state index in [4.69, 9.17) is 9.47 Å². The van der Waals surface area contributed by atoms with Crippen molar-refractivity contribution >= 4 is 11.8 Å². The van der Waals surface area contributed by atoms with Gasteiger partial charge in [0.05, 0.1) is 13.2 Å². The Kier molecular flexibility index (Phi) is 3.05. The highest BCUT2D eigenvalue weighted by Gasteiger charge is 2.19. The molecule has 76 valence electrons. The molecule has 1 aromatic carbocycles. The summed E-state index contributed by atoms with van der Waals surface area (Å²) >= 11 is 1.39. The summed E-state index contributed by atoms with van der Waals surface area (Å²) in [6.45, 7) is 1.16. The van der Waals surface area contributed by atoms with Gasteiger partial charge in [0.15, 0.2) is 6.29 Å². The van der Waals surface area contributed by atoms with E-state index in [2.05, 4.69) is 0 Å². The van der Waals surface area contributed by atoms with E-state index in [-0.39, 0.29) is 12.1 Å². The lowest BCUT2D eigenvalue weighted by Gasteiger charge is -2.10. The van der Waals surface area contributed by atoms with Gasteiger partial charge in [-0.15, -0.1) is 11.8 Å². The molecule has 1 aliphatic rings. The molecular weight excluding hydrogens is 203 g/mol. The molecule has 1 heterocycles. The van der Waals surface area contributed by atoms with E-state index >= 15 is 0 Å². The van der Waals surface area contributed by atoms with Crippen LogP contribution in [0.25, 0.3) is 0 Å². The molecule has 2 nitrogen and oxygen atoms in total. The number of ether oxygens (including phenoxy) is 2. The average Bonchev–Trinajstić information content (AvgIpc) is 2.70. The van der Waals surface area contributed by atoms with Gasteiger partial charge in [0.25, 0.3) is 0 Å². The quantitative estimate of drug-likeness (QED) is 0.705. The Morgan fingerprint density at radius 3 is 2.64 bits per heavy atom. The first-order valence-corrected chi connectivity index (χ1v) is 5.60. The normalized spacial score (nSPS) is 17.6. The van der Waals surface area contributed by atoms with E-state index in [0.29, 0.717) is 18.1 Å². The molecule has 0 spiro atoms. The van der Waals surface area contributed by atoms with Crippen LogP contribution in [0.2, 0.25) is 0 Å². The Balaban J connectivity index is 2.23. The molecule has 0 N–H and O–H groups in total. The minimum absolute atomic E-state index is 0.214. The number of benzene rings is 1. The minimum Gasteiger partial charge on any atom is -0.346 e. The maximum atomic E-state index is 13.4. The van der Waals surface area contributed by atoms with E-state index in [9.17, 15) is 4.39 Å². The van der Waals surface area contributed by atoms with Crippen LogP contribution in [0.3, 0.4) is 0 Å². The van der Waals surface area contributed by atoms with Crippen LogP contribution < -0.4 is 0 Å². The second-order valence-electron chi connectivity index (χ2n) is 2.97. The molecule has 0 bridgehead atoms. The highest BCUT2D eigenvalue weighted by atomic mass is 32.2. The largest absolute Gasteiger partial charge is 0.346 e. The Bertz CT molecular complexity index is 324. The number of thioether (sulfide) groups is 1. The van der Waals surface area contributed by atoms with Crippen molar-refractivity contribution in [1.82, 2.24) is 0 Å². The molecule has 1 aromatic rings. The Morgan fingerprint density at radius 2 is 2.07 bits per heavy atom. The number of hydrogen-bond acceptors (Lipinski definition) is 3. The van der Waals surface area contributed by atoms with Crippen LogP contribution in [-0.4, -0.2) is 19.5 Å². The average molecular weight is 214 g/mol. The Labute approximate surface area is 86.4 Å². The van der Waals surface area contributed by atoms with E-state index < -0.39 is 0 Å². The first-order chi connectivity index (χ1) is 6.81. The second kappa shape index (κ2) is 4.29. The van der Waals surface area contributed by atoms with Crippen LogP contribution in [0.15, 0.2) is 23.1 Å². The van der Waals surface area contributed by atoms with Crippen molar-refractivity contribution in [2.24, 2.45) is 0 Å². The molecular formula is C10H11FO2S. The molecule has 0 radical (unpaired) electrons. The van der Waals surface area contributed by atoms with Crippen molar-refractivity contribution in [2.75, 3.05) is 19.5 Å². The summed E-state index contributed by atoms with van der Waals surface area (Å²) in [5, 5.41) is 0. The summed E-state index contributed by atoms with van der Waals surface area (Å²) in [4.78, 5) is 0.645. The summed E-state index contributed by atoms with van der Waals surface area (Å²) in [6.07, 6.45) is 1.46. The third kappa shape index (κ3) is 1.92. The van der Waals surface area contributed by atoms with Gasteiger partial charge >= 0.3 is 0 Å². The summed E-state index contributed by atoms with van der Waals surface area (Å²) in [5.74, 6) is -0.214. The smallest absolute Gasteiger partial charge is 0.184 e. The molecule has 14 heavy (non-hydrogen) atoms. The fourth-order valence-corrected chi connectivity index (χ4v) is 1.84. The molecule has 1 aliphatic heterocycles. The van der Waals surface area contributed by atoms with Gasteiger partial charge in [-0.1, -0.05) is 6.07 Å². The molecule has 2 rings (SSSR count). The van der Waals surface area contributed by atoms with E-state index in [1.807, 2.05) is 12.3 Å². The van der Waals surface area contributed by atoms with Gasteiger partial charge in [-0.3, -0.25) is 0 Å². The number of rotatable bonds is 2. The van der Waals surface area contributed by atoms with E-state index in [0.717, 1.165) is 5.56 Å². The van der Waals surface area contributed by atoms with Gasteiger partial charge in [0, 0.05) is 10.5 Å². The Hall–Kier alpha value is -0.580. The monoisotopic (exact) mass is 214 g/mol. The third-order valence-corrected chi connectivity index (χ3v) is 2.84. The zero-order valence-corrected chi connectivity index (χ0v) is 8.64. The van der Waals surface area contributed by atoms with Crippen molar-refractivity contribution in [3.05, 3.63) is 29.6 Å². The Morgan fingerprint density at radius 1 is 1.36 bits per heavy atom. The van der Waals surface area contributed by atoms with Crippen molar-refractivity contribution in [3.63, 3.8) is 0 Å². The highest BCUT2D eigenvalue weighted by molar-refractivity contribution is 7.98. The lowest BCUT2D eigenvalue weighted by atomic mass is 10.2. The third-order valence-electron chi connectivity index (χ3n) is 2.07. The summed E-state index contributed by atoms with van der Waals surface area (Å²) in [5.41, 5.74) is 0.748. The fraction of sp³-hybridized carbons (Fsp3) is 0.400. The molecule has 0 aromatic heterocycles. The maximum absolute atomic E-state index is 13.4. The van der Waals surface area contributed by atoms with Gasteiger partial charge in [-0.2, -0.15) is 0 Å². The predicted octanol–water partition coefficient (Wildman–Crippen LogP) is 2.59. The number of hydrogen-bond donors (Lipinski definition) is 0. The highest BCUT2D eigenvalue weighted by Crippen LogP contribution is 2.27. The number of halogens is 1. The zero-order valence-electron chi connectivity index (χ0n) is 7.83. The summed E-state index contributed by atoms with van der Waals surface area (Å²) < 4.78 is 23.9. The molecule has 0 unspecified atom stereocenters. The second-order valence-corrected chi connectivity index (χ2v) is 3.82. The molecule has 0 amide bonds. The SMILES string of the molecule is CSc1ccc(C2OCCO2)cc1F. The van der Waals surface area contributed by atoms with Crippen molar-refractivity contribution < 1.29 is 13.9 Å². The van der Waals surface area contributed by atoms with Crippen LogP contribution in [-0.2, 0) is 9.47 Å². The van der Waals surface area contributed by atoms with Gasteiger partial charge < -0.3 is 9.47 Å². The molecule has 0 aliphatic carbocycles. The topological polar surface area (TPSA) is 18.5 Å². The van der Waals surface area contributed by atoms with Crippen LogP contribution in [0.4, 0.5) is 4.39 Å². The molecule has 4 heteroatoms. The summed E-state index contributed by atoms with van der Waals surface area (Å²) in [6, 6.07) is 5.06. The maximum Gasteiger partial charge on any atom is 0.184 e. The van der Waals surface area contributed by atoms with Crippen molar-refractivity contribution in [3.8, 4) is 0 Å². The predicted molar refractivity (Wildman–Crippen MR) is 52.8 cm³/mol. The standard InChI is InChI=1S/C10H11FO2S/c1-14-9-3-2-7(6-8(9)11)10-12-4-5-13-10/h2-3,6,10H,4-5H2,1H3. The lowest BCUT2D eigenvalue weighted by molar-refractivity contribution is -0.0443.